The summed E-state index contributed by atoms with van der Waals surface area (Å²) < 4.78 is -0.0556. The molecule has 2 rings (SSSR count). The number of rotatable bonds is 0. The van der Waals surface area contributed by atoms with Crippen LogP contribution >= 0.6 is 11.8 Å². The van der Waals surface area contributed by atoms with Crippen LogP contribution < -0.4 is 0 Å². The minimum atomic E-state index is -0.0556. The van der Waals surface area contributed by atoms with E-state index in [9.17, 15) is 4.79 Å². The minimum Gasteiger partial charge on any atom is -0.298 e. The van der Waals surface area contributed by atoms with Crippen LogP contribution in [-0.4, -0.2) is 16.3 Å². The molecule has 0 radical (unpaired) electrons. The highest BCUT2D eigenvalue weighted by atomic mass is 32.2. The second kappa shape index (κ2) is 2.12. The molecule has 2 heteroatoms. The summed E-state index contributed by atoms with van der Waals surface area (Å²) in [5, 5.41) is 0. The highest BCUT2D eigenvalue weighted by Crippen LogP contribution is 2.43. The van der Waals surface area contributed by atoms with Crippen LogP contribution in [0.15, 0.2) is 12.2 Å². The topological polar surface area (TPSA) is 17.1 Å². The van der Waals surface area contributed by atoms with Crippen molar-refractivity contribution in [1.29, 1.82) is 0 Å². The molecule has 0 N–H and O–H groups in total. The van der Waals surface area contributed by atoms with E-state index in [4.69, 9.17) is 0 Å². The van der Waals surface area contributed by atoms with E-state index in [0.29, 0.717) is 5.78 Å². The van der Waals surface area contributed by atoms with E-state index in [1.54, 1.807) is 11.8 Å². The molecule has 0 aromatic carbocycles. The number of thioether (sulfide) groups is 1. The van der Waals surface area contributed by atoms with Crippen LogP contribution in [0.25, 0.3) is 0 Å². The molecule has 54 valence electrons. The van der Waals surface area contributed by atoms with Crippen molar-refractivity contribution in [3.05, 3.63) is 12.2 Å². The molecule has 0 aromatic rings. The Morgan fingerprint density at radius 2 is 2.50 bits per heavy atom. The largest absolute Gasteiger partial charge is 0.298 e. The summed E-state index contributed by atoms with van der Waals surface area (Å²) in [7, 11) is 0. The molecule has 0 amide bonds. The molecule has 2 aliphatic rings. The summed E-state index contributed by atoms with van der Waals surface area (Å²) in [6.07, 6.45) is 7.20. The van der Waals surface area contributed by atoms with Crippen molar-refractivity contribution >= 4 is 17.5 Å². The molecule has 10 heavy (non-hydrogen) atoms. The zero-order valence-electron chi connectivity index (χ0n) is 5.80. The van der Waals surface area contributed by atoms with E-state index in [-0.39, 0.29) is 4.75 Å². The molecule has 0 bridgehead atoms. The summed E-state index contributed by atoms with van der Waals surface area (Å²) in [6.45, 7) is 0. The van der Waals surface area contributed by atoms with Gasteiger partial charge in [-0.2, -0.15) is 0 Å². The maximum absolute atomic E-state index is 11.3. The van der Waals surface area contributed by atoms with Gasteiger partial charge in [-0.1, -0.05) is 12.2 Å². The number of Topliss-reactive ketones (excluding diaryl/α,β-unsaturated/α-hetero) is 1. The van der Waals surface area contributed by atoms with Crippen molar-refractivity contribution in [2.24, 2.45) is 0 Å². The van der Waals surface area contributed by atoms with Crippen molar-refractivity contribution in [2.45, 2.75) is 24.0 Å². The summed E-state index contributed by atoms with van der Waals surface area (Å²) in [4.78, 5) is 11.3. The molecule has 1 unspecified atom stereocenters. The number of carbonyl (C=O) groups excluding carboxylic acids is 1. The Balaban J connectivity index is 2.28. The molecule has 0 aromatic heterocycles. The summed E-state index contributed by atoms with van der Waals surface area (Å²) in [5.74, 6) is 1.48. The Morgan fingerprint density at radius 1 is 1.60 bits per heavy atom. The average molecular weight is 154 g/mol. The van der Waals surface area contributed by atoms with E-state index >= 15 is 0 Å². The van der Waals surface area contributed by atoms with Crippen molar-refractivity contribution in [1.82, 2.24) is 0 Å². The van der Waals surface area contributed by atoms with Crippen LogP contribution in [0, 0.1) is 0 Å². The van der Waals surface area contributed by atoms with Gasteiger partial charge in [-0.3, -0.25) is 4.79 Å². The summed E-state index contributed by atoms with van der Waals surface area (Å²) in [6, 6.07) is 0. The van der Waals surface area contributed by atoms with E-state index in [1.807, 2.05) is 0 Å². The minimum absolute atomic E-state index is 0.0556. The third-order valence-corrected chi connectivity index (χ3v) is 3.69. The first-order chi connectivity index (χ1) is 4.83. The van der Waals surface area contributed by atoms with Crippen molar-refractivity contribution in [3.8, 4) is 0 Å². The molecular weight excluding hydrogens is 144 g/mol. The second-order valence-corrected chi connectivity index (χ2v) is 4.23. The van der Waals surface area contributed by atoms with E-state index in [0.717, 1.165) is 25.0 Å². The molecule has 1 spiro atoms. The Morgan fingerprint density at radius 3 is 3.00 bits per heavy atom. The van der Waals surface area contributed by atoms with Gasteiger partial charge in [0.05, 0.1) is 4.75 Å². The molecule has 1 heterocycles. The highest BCUT2D eigenvalue weighted by Gasteiger charge is 2.41. The maximum atomic E-state index is 11.3. The number of carbonyl (C=O) groups is 1. The zero-order chi connectivity index (χ0) is 7.03. The smallest absolute Gasteiger partial charge is 0.152 e. The summed E-state index contributed by atoms with van der Waals surface area (Å²) in [5.41, 5.74) is 0. The van der Waals surface area contributed by atoms with E-state index in [1.165, 1.54) is 0 Å². The lowest BCUT2D eigenvalue weighted by molar-refractivity contribution is -0.118. The fourth-order valence-electron chi connectivity index (χ4n) is 1.67. The lowest BCUT2D eigenvalue weighted by Gasteiger charge is -2.16. The highest BCUT2D eigenvalue weighted by molar-refractivity contribution is 8.02. The van der Waals surface area contributed by atoms with Gasteiger partial charge in [-0.25, -0.2) is 0 Å². The third kappa shape index (κ3) is 0.749. The predicted molar refractivity (Wildman–Crippen MR) is 43.2 cm³/mol. The lowest BCUT2D eigenvalue weighted by atomic mass is 10.1. The molecule has 1 saturated carbocycles. The van der Waals surface area contributed by atoms with Gasteiger partial charge in [0.2, 0.25) is 0 Å². The van der Waals surface area contributed by atoms with Gasteiger partial charge in [0.25, 0.3) is 0 Å². The van der Waals surface area contributed by atoms with Gasteiger partial charge < -0.3 is 0 Å². The quantitative estimate of drug-likeness (QED) is 0.495. The van der Waals surface area contributed by atoms with E-state index in [2.05, 4.69) is 12.2 Å². The van der Waals surface area contributed by atoms with Gasteiger partial charge in [-0.05, 0) is 12.8 Å². The van der Waals surface area contributed by atoms with Gasteiger partial charge in [-0.15, -0.1) is 11.8 Å². The van der Waals surface area contributed by atoms with E-state index < -0.39 is 0 Å². The first-order valence-corrected chi connectivity index (χ1v) is 4.67. The SMILES string of the molecule is O=C1CCCC12C=CCS2. The lowest BCUT2D eigenvalue weighted by Crippen LogP contribution is -2.24. The molecule has 1 nitrogen and oxygen atoms in total. The summed E-state index contributed by atoms with van der Waals surface area (Å²) >= 11 is 1.80. The van der Waals surface area contributed by atoms with Crippen LogP contribution in [0.5, 0.6) is 0 Å². The van der Waals surface area contributed by atoms with Crippen LogP contribution in [0.3, 0.4) is 0 Å². The zero-order valence-corrected chi connectivity index (χ0v) is 6.62. The van der Waals surface area contributed by atoms with Crippen molar-refractivity contribution in [2.75, 3.05) is 5.75 Å². The Kier molecular flexibility index (Phi) is 1.37. The molecule has 1 fully saturated rings. The monoisotopic (exact) mass is 154 g/mol. The fourth-order valence-corrected chi connectivity index (χ4v) is 2.91. The van der Waals surface area contributed by atoms with Crippen molar-refractivity contribution < 1.29 is 4.79 Å². The fraction of sp³-hybridized carbons (Fsp3) is 0.625. The van der Waals surface area contributed by atoms with Gasteiger partial charge in [0, 0.05) is 12.2 Å². The Bertz CT molecular complexity index is 197. The van der Waals surface area contributed by atoms with Gasteiger partial charge in [0.15, 0.2) is 5.78 Å². The standard InChI is InChI=1S/C8H10OS/c9-7-3-1-4-8(7)5-2-6-10-8/h2,5H,1,3-4,6H2. The Labute approximate surface area is 64.9 Å². The first-order valence-electron chi connectivity index (χ1n) is 3.68. The van der Waals surface area contributed by atoms with Gasteiger partial charge >= 0.3 is 0 Å². The average Bonchev–Trinajstić information content (AvgIpc) is 2.48. The molecule has 1 aliphatic carbocycles. The first kappa shape index (κ1) is 6.47. The number of hydrogen-bond acceptors (Lipinski definition) is 2. The predicted octanol–water partition coefficient (Wildman–Crippen LogP) is 1.78. The normalized spacial score (nSPS) is 38.2. The third-order valence-electron chi connectivity index (χ3n) is 2.25. The molecule has 1 aliphatic heterocycles. The maximum Gasteiger partial charge on any atom is 0.152 e. The van der Waals surface area contributed by atoms with Crippen molar-refractivity contribution in [3.63, 3.8) is 0 Å². The van der Waals surface area contributed by atoms with Crippen LogP contribution in [-0.2, 0) is 4.79 Å². The number of hydrogen-bond donors (Lipinski definition) is 0. The molecular formula is C8H10OS. The molecule has 0 saturated heterocycles. The molecule has 1 atom stereocenters. The van der Waals surface area contributed by atoms with Gasteiger partial charge in [0.1, 0.15) is 0 Å². The van der Waals surface area contributed by atoms with Crippen LogP contribution in [0.2, 0.25) is 0 Å². The van der Waals surface area contributed by atoms with Crippen LogP contribution in [0.1, 0.15) is 19.3 Å². The number of ketones is 1. The second-order valence-electron chi connectivity index (χ2n) is 2.88. The van der Waals surface area contributed by atoms with Crippen LogP contribution in [0.4, 0.5) is 0 Å². The Hall–Kier alpha value is -0.240.